The smallest absolute Gasteiger partial charge is 0.261 e. The number of methoxy groups -OCH3 is 1. The Labute approximate surface area is 182 Å². The van der Waals surface area contributed by atoms with Crippen LogP contribution in [0.5, 0.6) is 5.75 Å². The number of carbonyl (C=O) groups excluding carboxylic acids is 2. The van der Waals surface area contributed by atoms with Gasteiger partial charge in [0.2, 0.25) is 10.0 Å². The lowest BCUT2D eigenvalue weighted by Crippen LogP contribution is -2.50. The number of fused-ring (bicyclic) bond motifs is 1. The van der Waals surface area contributed by atoms with E-state index >= 15 is 0 Å². The number of ether oxygens (including phenoxy) is 1. The quantitative estimate of drug-likeness (QED) is 0.633. The van der Waals surface area contributed by atoms with Crippen LogP contribution in [0, 0.1) is 6.92 Å². The third-order valence-corrected chi connectivity index (χ3v) is 7.61. The molecule has 0 atom stereocenters. The third kappa shape index (κ3) is 4.03. The lowest BCUT2D eigenvalue weighted by Gasteiger charge is -2.36. The highest BCUT2D eigenvalue weighted by atomic mass is 32.2. The van der Waals surface area contributed by atoms with Crippen LogP contribution in [-0.2, 0) is 10.0 Å². The molecule has 0 aromatic heterocycles. The van der Waals surface area contributed by atoms with Gasteiger partial charge in [0.1, 0.15) is 5.75 Å². The van der Waals surface area contributed by atoms with Crippen LogP contribution in [-0.4, -0.2) is 75.0 Å². The highest BCUT2D eigenvalue weighted by Gasteiger charge is 2.37. The first-order chi connectivity index (χ1) is 14.8. The first kappa shape index (κ1) is 21.3. The SMILES string of the molecule is COc1ccccc1N1CCN(S(=O)(=O)CCN2C(=O)c3ccc(C)cc3C2=O)CC1. The van der Waals surface area contributed by atoms with Crippen molar-refractivity contribution in [2.24, 2.45) is 0 Å². The van der Waals surface area contributed by atoms with Crippen molar-refractivity contribution < 1.29 is 22.7 Å². The zero-order chi connectivity index (χ0) is 22.2. The lowest BCUT2D eigenvalue weighted by atomic mass is 10.1. The average molecular weight is 444 g/mol. The van der Waals surface area contributed by atoms with E-state index in [9.17, 15) is 18.0 Å². The molecule has 0 aliphatic carbocycles. The van der Waals surface area contributed by atoms with Gasteiger partial charge in [0.25, 0.3) is 11.8 Å². The second kappa shape index (κ2) is 8.32. The number of amides is 2. The molecule has 164 valence electrons. The summed E-state index contributed by atoms with van der Waals surface area (Å²) in [4.78, 5) is 28.3. The fourth-order valence-electron chi connectivity index (χ4n) is 4.04. The number of aryl methyl sites for hydroxylation is 1. The van der Waals surface area contributed by atoms with Crippen molar-refractivity contribution in [2.75, 3.05) is 50.5 Å². The molecule has 2 heterocycles. The molecule has 2 amide bonds. The maximum atomic E-state index is 12.9. The molecule has 0 spiro atoms. The summed E-state index contributed by atoms with van der Waals surface area (Å²) in [7, 11) is -1.99. The van der Waals surface area contributed by atoms with E-state index in [0.29, 0.717) is 37.3 Å². The standard InChI is InChI=1S/C22H25N3O5S/c1-16-7-8-17-18(15-16)22(27)25(21(17)26)13-14-31(28,29)24-11-9-23(10-12-24)19-5-3-4-6-20(19)30-2/h3-8,15H,9-14H2,1-2H3. The predicted octanol–water partition coefficient (Wildman–Crippen LogP) is 1.75. The number of rotatable bonds is 6. The Kier molecular flexibility index (Phi) is 5.72. The van der Waals surface area contributed by atoms with Crippen LogP contribution in [0.4, 0.5) is 5.69 Å². The van der Waals surface area contributed by atoms with Crippen LogP contribution in [0.2, 0.25) is 0 Å². The van der Waals surface area contributed by atoms with Crippen LogP contribution in [0.15, 0.2) is 42.5 Å². The fourth-order valence-corrected chi connectivity index (χ4v) is 5.43. The normalized spacial score (nSPS) is 17.2. The van der Waals surface area contributed by atoms with Crippen molar-refractivity contribution in [1.29, 1.82) is 0 Å². The average Bonchev–Trinajstić information content (AvgIpc) is 3.01. The van der Waals surface area contributed by atoms with Crippen molar-refractivity contribution in [3.63, 3.8) is 0 Å². The first-order valence-electron chi connectivity index (χ1n) is 10.1. The number of piperazine rings is 1. The molecule has 0 bridgehead atoms. The number of imide groups is 1. The summed E-state index contributed by atoms with van der Waals surface area (Å²) < 4.78 is 32.6. The number of para-hydroxylation sites is 2. The van der Waals surface area contributed by atoms with Crippen molar-refractivity contribution in [2.45, 2.75) is 6.92 Å². The van der Waals surface area contributed by atoms with Gasteiger partial charge in [-0.15, -0.1) is 0 Å². The molecule has 2 aliphatic heterocycles. The molecule has 2 aromatic rings. The topological polar surface area (TPSA) is 87.2 Å². The maximum Gasteiger partial charge on any atom is 0.261 e. The zero-order valence-corrected chi connectivity index (χ0v) is 18.4. The molecule has 4 rings (SSSR count). The summed E-state index contributed by atoms with van der Waals surface area (Å²) in [6.45, 7) is 3.43. The summed E-state index contributed by atoms with van der Waals surface area (Å²) in [6.07, 6.45) is 0. The van der Waals surface area contributed by atoms with E-state index in [1.165, 1.54) is 4.31 Å². The monoisotopic (exact) mass is 443 g/mol. The maximum absolute atomic E-state index is 12.9. The third-order valence-electron chi connectivity index (χ3n) is 5.76. The van der Waals surface area contributed by atoms with Gasteiger partial charge in [-0.05, 0) is 31.2 Å². The Balaban J connectivity index is 1.38. The lowest BCUT2D eigenvalue weighted by molar-refractivity contribution is 0.0663. The summed E-state index contributed by atoms with van der Waals surface area (Å²) in [5.74, 6) is -0.401. The molecule has 31 heavy (non-hydrogen) atoms. The minimum absolute atomic E-state index is 0.152. The molecule has 0 unspecified atom stereocenters. The van der Waals surface area contributed by atoms with Crippen molar-refractivity contribution >= 4 is 27.5 Å². The molecule has 0 saturated carbocycles. The Morgan fingerprint density at radius 2 is 1.61 bits per heavy atom. The number of benzene rings is 2. The molecular formula is C22H25N3O5S. The van der Waals surface area contributed by atoms with Gasteiger partial charge in [-0.2, -0.15) is 4.31 Å². The highest BCUT2D eigenvalue weighted by Crippen LogP contribution is 2.29. The van der Waals surface area contributed by atoms with Crippen molar-refractivity contribution in [1.82, 2.24) is 9.21 Å². The minimum atomic E-state index is -3.61. The summed E-state index contributed by atoms with van der Waals surface area (Å²) >= 11 is 0. The number of nitrogens with zero attached hydrogens (tertiary/aromatic N) is 3. The van der Waals surface area contributed by atoms with E-state index in [4.69, 9.17) is 4.74 Å². The molecule has 2 aromatic carbocycles. The van der Waals surface area contributed by atoms with E-state index in [1.807, 2.05) is 31.2 Å². The largest absolute Gasteiger partial charge is 0.495 e. The number of hydrogen-bond donors (Lipinski definition) is 0. The predicted molar refractivity (Wildman–Crippen MR) is 117 cm³/mol. The molecular weight excluding hydrogens is 418 g/mol. The fraction of sp³-hybridized carbons (Fsp3) is 0.364. The zero-order valence-electron chi connectivity index (χ0n) is 17.6. The summed E-state index contributed by atoms with van der Waals surface area (Å²) in [6, 6.07) is 12.7. The Bertz CT molecular complexity index is 1120. The first-order valence-corrected chi connectivity index (χ1v) is 11.8. The van der Waals surface area contributed by atoms with Crippen molar-refractivity contribution in [3.8, 4) is 5.75 Å². The van der Waals surface area contributed by atoms with Crippen LogP contribution in [0.3, 0.4) is 0 Å². The molecule has 8 nitrogen and oxygen atoms in total. The summed E-state index contributed by atoms with van der Waals surface area (Å²) in [5, 5.41) is 0. The van der Waals surface area contributed by atoms with Gasteiger partial charge in [0, 0.05) is 32.7 Å². The van der Waals surface area contributed by atoms with Crippen LogP contribution in [0.1, 0.15) is 26.3 Å². The van der Waals surface area contributed by atoms with E-state index in [0.717, 1.165) is 21.9 Å². The second-order valence-corrected chi connectivity index (χ2v) is 9.77. The number of anilines is 1. The molecule has 9 heteroatoms. The molecule has 1 saturated heterocycles. The highest BCUT2D eigenvalue weighted by molar-refractivity contribution is 7.89. The van der Waals surface area contributed by atoms with Crippen LogP contribution < -0.4 is 9.64 Å². The van der Waals surface area contributed by atoms with Gasteiger partial charge in [0.15, 0.2) is 0 Å². The van der Waals surface area contributed by atoms with E-state index in [1.54, 1.807) is 25.3 Å². The van der Waals surface area contributed by atoms with Gasteiger partial charge in [-0.1, -0.05) is 23.8 Å². The van der Waals surface area contributed by atoms with Gasteiger partial charge in [-0.3, -0.25) is 14.5 Å². The van der Waals surface area contributed by atoms with Crippen LogP contribution in [0.25, 0.3) is 0 Å². The number of carbonyl (C=O) groups is 2. The van der Waals surface area contributed by atoms with Gasteiger partial charge in [-0.25, -0.2) is 8.42 Å². The van der Waals surface area contributed by atoms with E-state index in [2.05, 4.69) is 4.90 Å². The van der Waals surface area contributed by atoms with Gasteiger partial charge in [0.05, 0.1) is 29.7 Å². The summed E-state index contributed by atoms with van der Waals surface area (Å²) in [5.41, 5.74) is 2.48. The molecule has 0 radical (unpaired) electrons. The van der Waals surface area contributed by atoms with E-state index in [-0.39, 0.29) is 12.3 Å². The minimum Gasteiger partial charge on any atom is -0.495 e. The molecule has 2 aliphatic rings. The molecule has 1 fully saturated rings. The molecule has 0 N–H and O–H groups in total. The van der Waals surface area contributed by atoms with Crippen LogP contribution >= 0.6 is 0 Å². The van der Waals surface area contributed by atoms with Gasteiger partial charge < -0.3 is 9.64 Å². The number of sulfonamides is 1. The van der Waals surface area contributed by atoms with Crippen molar-refractivity contribution in [3.05, 3.63) is 59.2 Å². The number of hydrogen-bond acceptors (Lipinski definition) is 6. The Morgan fingerprint density at radius 3 is 2.32 bits per heavy atom. The second-order valence-electron chi connectivity index (χ2n) is 7.68. The Morgan fingerprint density at radius 1 is 0.935 bits per heavy atom. The van der Waals surface area contributed by atoms with Gasteiger partial charge >= 0.3 is 0 Å². The van der Waals surface area contributed by atoms with E-state index < -0.39 is 21.8 Å². The Hall–Kier alpha value is -2.91.